The van der Waals surface area contributed by atoms with Crippen LogP contribution >= 0.6 is 0 Å². The van der Waals surface area contributed by atoms with Crippen LogP contribution in [0.1, 0.15) is 51.1 Å². The summed E-state index contributed by atoms with van der Waals surface area (Å²) in [4.78, 5) is 27.5. The van der Waals surface area contributed by atoms with E-state index in [2.05, 4.69) is 10.2 Å². The summed E-state index contributed by atoms with van der Waals surface area (Å²) in [6.45, 7) is 1.80. The van der Waals surface area contributed by atoms with E-state index < -0.39 is 29.6 Å². The second-order valence-corrected chi connectivity index (χ2v) is 6.92. The van der Waals surface area contributed by atoms with E-state index in [1.165, 1.54) is 19.2 Å². The monoisotopic (exact) mass is 410 g/mol. The van der Waals surface area contributed by atoms with Crippen molar-refractivity contribution in [1.29, 1.82) is 0 Å². The zero-order chi connectivity index (χ0) is 21.7. The van der Waals surface area contributed by atoms with E-state index in [1.807, 2.05) is 0 Å². The molecule has 0 spiro atoms. The van der Waals surface area contributed by atoms with Crippen LogP contribution in [0.3, 0.4) is 0 Å². The number of esters is 1. The van der Waals surface area contributed by atoms with Gasteiger partial charge in [0.1, 0.15) is 17.7 Å². The average molecular weight is 410 g/mol. The molecule has 0 fully saturated rings. The predicted molar refractivity (Wildman–Crippen MR) is 108 cm³/mol. The molecule has 7 heteroatoms. The highest BCUT2D eigenvalue weighted by atomic mass is 19.1. The molecule has 0 aliphatic heterocycles. The van der Waals surface area contributed by atoms with Crippen LogP contribution in [-0.4, -0.2) is 18.1 Å². The molecular formula is C23H20F2N2O3. The first-order valence-corrected chi connectivity index (χ1v) is 9.31. The van der Waals surface area contributed by atoms with Gasteiger partial charge in [-0.25, -0.2) is 13.6 Å². The predicted octanol–water partition coefficient (Wildman–Crippen LogP) is 5.48. The highest BCUT2D eigenvalue weighted by Crippen LogP contribution is 2.37. The summed E-state index contributed by atoms with van der Waals surface area (Å²) in [5.74, 6) is -2.49. The molecule has 154 valence electrons. The molecule has 30 heavy (non-hydrogen) atoms. The molecule has 0 saturated heterocycles. The van der Waals surface area contributed by atoms with Gasteiger partial charge in [-0.3, -0.25) is 4.98 Å². The molecule has 3 aromatic rings. The molecular weight excluding hydrogens is 390 g/mol. The molecule has 0 amide bonds. The van der Waals surface area contributed by atoms with Gasteiger partial charge < -0.3 is 4.74 Å². The number of halogens is 2. The van der Waals surface area contributed by atoms with Crippen LogP contribution in [0, 0.1) is 23.5 Å². The molecule has 0 saturated carbocycles. The smallest absolute Gasteiger partial charge is 0.337 e. The van der Waals surface area contributed by atoms with Crippen molar-refractivity contribution in [2.45, 2.75) is 25.3 Å². The van der Waals surface area contributed by atoms with Gasteiger partial charge in [-0.1, -0.05) is 23.4 Å². The number of methoxy groups -OCH3 is 1. The third-order valence-corrected chi connectivity index (χ3v) is 4.96. The minimum absolute atomic E-state index is 0.160. The number of benzene rings is 2. The number of hydrogen-bond acceptors (Lipinski definition) is 5. The number of rotatable bonds is 7. The lowest BCUT2D eigenvalue weighted by Crippen LogP contribution is -2.10. The van der Waals surface area contributed by atoms with Crippen molar-refractivity contribution in [3.63, 3.8) is 0 Å². The molecule has 0 radical (unpaired) electrons. The number of ether oxygens (including phenoxy) is 1. The Kier molecular flexibility index (Phi) is 6.61. The Hall–Kier alpha value is -3.48. The Morgan fingerprint density at radius 3 is 2.40 bits per heavy atom. The maximum absolute atomic E-state index is 14.6. The first-order valence-electron chi connectivity index (χ1n) is 9.31. The molecule has 3 rings (SSSR count). The fourth-order valence-electron chi connectivity index (χ4n) is 3.43. The Morgan fingerprint density at radius 1 is 1.07 bits per heavy atom. The van der Waals surface area contributed by atoms with Crippen molar-refractivity contribution in [3.8, 4) is 0 Å². The topological polar surface area (TPSA) is 68.6 Å². The lowest BCUT2D eigenvalue weighted by atomic mass is 9.84. The van der Waals surface area contributed by atoms with Crippen LogP contribution in [0.15, 0.2) is 66.0 Å². The number of aromatic nitrogens is 1. The van der Waals surface area contributed by atoms with Gasteiger partial charge in [-0.15, -0.1) is 0 Å². The molecule has 2 atom stereocenters. The molecule has 0 N–H and O–H groups in total. The number of pyridine rings is 1. The van der Waals surface area contributed by atoms with Gasteiger partial charge in [-0.05, 0) is 60.4 Å². The van der Waals surface area contributed by atoms with Gasteiger partial charge in [0.25, 0.3) is 0 Å². The summed E-state index contributed by atoms with van der Waals surface area (Å²) in [6.07, 6.45) is 1.74. The third-order valence-electron chi connectivity index (χ3n) is 4.96. The fourth-order valence-corrected chi connectivity index (χ4v) is 3.43. The Labute approximate surface area is 172 Å². The second kappa shape index (κ2) is 9.35. The molecule has 5 nitrogen and oxygen atoms in total. The van der Waals surface area contributed by atoms with Crippen molar-refractivity contribution in [1.82, 2.24) is 4.98 Å². The van der Waals surface area contributed by atoms with E-state index in [0.717, 1.165) is 11.8 Å². The molecule has 2 aromatic carbocycles. The maximum Gasteiger partial charge on any atom is 0.337 e. The molecule has 0 bridgehead atoms. The summed E-state index contributed by atoms with van der Waals surface area (Å²) in [5.41, 5.74) is 2.63. The van der Waals surface area contributed by atoms with Gasteiger partial charge in [0.2, 0.25) is 0 Å². The van der Waals surface area contributed by atoms with Crippen LogP contribution in [0.25, 0.3) is 0 Å². The van der Waals surface area contributed by atoms with E-state index in [0.29, 0.717) is 16.7 Å². The fraction of sp³-hybridized carbons (Fsp3) is 0.217. The standard InChI is InChI=1S/C23H20F2N2O3/c1-14-11-17(9-10-26-14)22(27-29)13-20(19-8-7-18(24)12-21(19)25)15-3-5-16(6-4-15)23(28)30-2/h3-12,20,22H,13H2,1-2H3. The van der Waals surface area contributed by atoms with Crippen molar-refractivity contribution >= 4 is 5.97 Å². The van der Waals surface area contributed by atoms with E-state index in [1.54, 1.807) is 49.5 Å². The Morgan fingerprint density at radius 2 is 1.80 bits per heavy atom. The number of nitrogens with zero attached hydrogens (tertiary/aromatic N) is 2. The number of aryl methyl sites for hydroxylation is 1. The number of carbonyl (C=O) groups excluding carboxylic acids is 1. The van der Waals surface area contributed by atoms with Crippen molar-refractivity contribution in [2.75, 3.05) is 7.11 Å². The molecule has 1 heterocycles. The normalized spacial score (nSPS) is 12.8. The van der Waals surface area contributed by atoms with Crippen LogP contribution < -0.4 is 0 Å². The largest absolute Gasteiger partial charge is 0.465 e. The SMILES string of the molecule is COC(=O)c1ccc(C(CC(N=O)c2ccnc(C)c2)c2ccc(F)cc2F)cc1. The maximum atomic E-state index is 14.6. The number of carbonyl (C=O) groups is 1. The van der Waals surface area contributed by atoms with Crippen LogP contribution in [0.4, 0.5) is 8.78 Å². The molecule has 0 aliphatic rings. The van der Waals surface area contributed by atoms with Crippen LogP contribution in [0.2, 0.25) is 0 Å². The van der Waals surface area contributed by atoms with Gasteiger partial charge in [0.05, 0.1) is 12.7 Å². The summed E-state index contributed by atoms with van der Waals surface area (Å²) in [5, 5.41) is 3.25. The molecule has 1 aromatic heterocycles. The molecule has 0 aliphatic carbocycles. The highest BCUT2D eigenvalue weighted by molar-refractivity contribution is 5.89. The van der Waals surface area contributed by atoms with Gasteiger partial charge in [0.15, 0.2) is 0 Å². The first kappa shape index (κ1) is 21.2. The minimum atomic E-state index is -0.763. The minimum Gasteiger partial charge on any atom is -0.465 e. The zero-order valence-electron chi connectivity index (χ0n) is 16.5. The highest BCUT2D eigenvalue weighted by Gasteiger charge is 2.25. The van der Waals surface area contributed by atoms with E-state index >= 15 is 0 Å². The van der Waals surface area contributed by atoms with E-state index in [4.69, 9.17) is 4.74 Å². The van der Waals surface area contributed by atoms with Gasteiger partial charge in [-0.2, -0.15) is 4.91 Å². The van der Waals surface area contributed by atoms with E-state index in [-0.39, 0.29) is 12.0 Å². The van der Waals surface area contributed by atoms with Crippen molar-refractivity contribution in [3.05, 3.63) is 105 Å². The number of nitroso groups, excluding NO2 is 1. The lowest BCUT2D eigenvalue weighted by Gasteiger charge is -2.22. The van der Waals surface area contributed by atoms with Gasteiger partial charge >= 0.3 is 5.97 Å². The average Bonchev–Trinajstić information content (AvgIpc) is 2.75. The summed E-state index contributed by atoms with van der Waals surface area (Å²) < 4.78 is 32.8. The molecule has 2 unspecified atom stereocenters. The van der Waals surface area contributed by atoms with Crippen molar-refractivity contribution in [2.24, 2.45) is 5.18 Å². The van der Waals surface area contributed by atoms with Crippen molar-refractivity contribution < 1.29 is 18.3 Å². The second-order valence-electron chi connectivity index (χ2n) is 6.92. The summed E-state index contributed by atoms with van der Waals surface area (Å²) in [7, 11) is 1.28. The van der Waals surface area contributed by atoms with Crippen LogP contribution in [-0.2, 0) is 4.74 Å². The lowest BCUT2D eigenvalue weighted by molar-refractivity contribution is 0.0600. The van der Waals surface area contributed by atoms with E-state index in [9.17, 15) is 18.5 Å². The summed E-state index contributed by atoms with van der Waals surface area (Å²) >= 11 is 0. The zero-order valence-corrected chi connectivity index (χ0v) is 16.5. The Bertz CT molecular complexity index is 1050. The Balaban J connectivity index is 2.03. The van der Waals surface area contributed by atoms with Crippen LogP contribution in [0.5, 0.6) is 0 Å². The quantitative estimate of drug-likeness (QED) is 0.382. The number of hydrogen-bond donors (Lipinski definition) is 0. The first-order chi connectivity index (χ1) is 14.4. The van der Waals surface area contributed by atoms with Gasteiger partial charge in [0, 0.05) is 23.9 Å². The third kappa shape index (κ3) is 4.74. The summed E-state index contributed by atoms with van der Waals surface area (Å²) in [6, 6.07) is 12.5.